The smallest absolute Gasteiger partial charge is 0.319 e. The summed E-state index contributed by atoms with van der Waals surface area (Å²) in [5.41, 5.74) is 7.06. The van der Waals surface area contributed by atoms with Gasteiger partial charge in [0.25, 0.3) is 0 Å². The van der Waals surface area contributed by atoms with E-state index in [0.29, 0.717) is 16.8 Å². The number of carbonyl (C=O) groups is 2. The highest BCUT2D eigenvalue weighted by atomic mass is 16.2. The fraction of sp³-hybridized carbons (Fsp3) is 0.500. The van der Waals surface area contributed by atoms with Crippen molar-refractivity contribution in [3.63, 3.8) is 0 Å². The minimum absolute atomic E-state index is 0.216. The normalized spacial score (nSPS) is 16.0. The van der Waals surface area contributed by atoms with Crippen molar-refractivity contribution in [1.82, 2.24) is 5.32 Å². The summed E-state index contributed by atoms with van der Waals surface area (Å²) in [5, 5.41) is 5.83. The third kappa shape index (κ3) is 4.21. The largest absolute Gasteiger partial charge is 0.366 e. The molecule has 21 heavy (non-hydrogen) atoms. The number of carbonyl (C=O) groups excluding carboxylic acids is 2. The highest BCUT2D eigenvalue weighted by Gasteiger charge is 2.16. The first-order valence-corrected chi connectivity index (χ1v) is 7.55. The molecule has 0 spiro atoms. The van der Waals surface area contributed by atoms with Crippen LogP contribution in [0.4, 0.5) is 10.5 Å². The molecule has 4 N–H and O–H groups in total. The van der Waals surface area contributed by atoms with Crippen molar-refractivity contribution in [2.75, 3.05) is 5.32 Å². The van der Waals surface area contributed by atoms with Crippen LogP contribution in [0.1, 0.15) is 54.4 Å². The molecule has 5 heteroatoms. The number of nitrogens with one attached hydrogen (secondary N) is 2. The van der Waals surface area contributed by atoms with E-state index >= 15 is 0 Å². The second-order valence-corrected chi connectivity index (χ2v) is 5.63. The molecule has 0 bridgehead atoms. The van der Waals surface area contributed by atoms with Crippen LogP contribution < -0.4 is 16.4 Å². The van der Waals surface area contributed by atoms with E-state index in [1.165, 1.54) is 25.7 Å². The lowest BCUT2D eigenvalue weighted by Crippen LogP contribution is -2.37. The van der Waals surface area contributed by atoms with Crippen LogP contribution in [0.3, 0.4) is 0 Å². The van der Waals surface area contributed by atoms with Gasteiger partial charge in [0.05, 0.1) is 0 Å². The van der Waals surface area contributed by atoms with Gasteiger partial charge in [0, 0.05) is 17.3 Å². The summed E-state index contributed by atoms with van der Waals surface area (Å²) in [6, 6.07) is 5.17. The standard InChI is InChI=1S/C16H23N3O2/c1-11-13(15(17)20)9-6-10-14(11)19-16(21)18-12-7-4-2-3-5-8-12/h6,9-10,12H,2-5,7-8H2,1H3,(H2,17,20)(H2,18,19,21). The van der Waals surface area contributed by atoms with Crippen molar-refractivity contribution < 1.29 is 9.59 Å². The van der Waals surface area contributed by atoms with Crippen LogP contribution in [0.5, 0.6) is 0 Å². The monoisotopic (exact) mass is 289 g/mol. The molecule has 0 saturated heterocycles. The molecule has 0 aliphatic heterocycles. The number of nitrogens with two attached hydrogens (primary N) is 1. The van der Waals surface area contributed by atoms with Gasteiger partial charge in [-0.2, -0.15) is 0 Å². The van der Waals surface area contributed by atoms with Gasteiger partial charge in [0.15, 0.2) is 0 Å². The van der Waals surface area contributed by atoms with Gasteiger partial charge in [-0.15, -0.1) is 0 Å². The maximum absolute atomic E-state index is 12.1. The Bertz CT molecular complexity index is 520. The molecule has 0 radical (unpaired) electrons. The second kappa shape index (κ2) is 7.11. The van der Waals surface area contributed by atoms with Gasteiger partial charge in [-0.05, 0) is 37.5 Å². The highest BCUT2D eigenvalue weighted by molar-refractivity contribution is 5.98. The molecule has 0 unspecified atom stereocenters. The summed E-state index contributed by atoms with van der Waals surface area (Å²) in [7, 11) is 0. The zero-order valence-corrected chi connectivity index (χ0v) is 12.4. The fourth-order valence-electron chi connectivity index (χ4n) is 2.81. The lowest BCUT2D eigenvalue weighted by atomic mass is 10.1. The highest BCUT2D eigenvalue weighted by Crippen LogP contribution is 2.20. The van der Waals surface area contributed by atoms with E-state index in [2.05, 4.69) is 10.6 Å². The van der Waals surface area contributed by atoms with Gasteiger partial charge in [0.1, 0.15) is 0 Å². The summed E-state index contributed by atoms with van der Waals surface area (Å²) in [6.07, 6.45) is 6.91. The van der Waals surface area contributed by atoms with Gasteiger partial charge in [0.2, 0.25) is 5.91 Å². The SMILES string of the molecule is Cc1c(NC(=O)NC2CCCCCC2)cccc1C(N)=O. The average Bonchev–Trinajstić information content (AvgIpc) is 2.69. The van der Waals surface area contributed by atoms with Crippen molar-refractivity contribution in [1.29, 1.82) is 0 Å². The molecule has 3 amide bonds. The summed E-state index contributed by atoms with van der Waals surface area (Å²) in [5.74, 6) is -0.486. The van der Waals surface area contributed by atoms with Crippen molar-refractivity contribution >= 4 is 17.6 Å². The van der Waals surface area contributed by atoms with E-state index in [4.69, 9.17) is 5.73 Å². The number of rotatable bonds is 3. The molecular formula is C16H23N3O2. The topological polar surface area (TPSA) is 84.2 Å². The van der Waals surface area contributed by atoms with Gasteiger partial charge in [-0.25, -0.2) is 4.79 Å². The molecular weight excluding hydrogens is 266 g/mol. The van der Waals surface area contributed by atoms with E-state index < -0.39 is 5.91 Å². The number of anilines is 1. The number of primary amides is 1. The van der Waals surface area contributed by atoms with Gasteiger partial charge in [-0.3, -0.25) is 4.79 Å². The molecule has 5 nitrogen and oxygen atoms in total. The molecule has 1 aliphatic rings. The Labute approximate surface area is 125 Å². The van der Waals surface area contributed by atoms with Crippen LogP contribution in [0.15, 0.2) is 18.2 Å². The van der Waals surface area contributed by atoms with Crippen LogP contribution in [0.2, 0.25) is 0 Å². The summed E-state index contributed by atoms with van der Waals surface area (Å²) in [6.45, 7) is 1.78. The molecule has 1 fully saturated rings. The van der Waals surface area contributed by atoms with E-state index in [0.717, 1.165) is 12.8 Å². The molecule has 1 aromatic rings. The first kappa shape index (κ1) is 15.4. The Morgan fingerprint density at radius 2 is 1.81 bits per heavy atom. The zero-order chi connectivity index (χ0) is 15.2. The van der Waals surface area contributed by atoms with Crippen molar-refractivity contribution in [2.24, 2.45) is 5.73 Å². The molecule has 1 saturated carbocycles. The van der Waals surface area contributed by atoms with Gasteiger partial charge >= 0.3 is 6.03 Å². The average molecular weight is 289 g/mol. The van der Waals surface area contributed by atoms with Crippen LogP contribution in [-0.4, -0.2) is 18.0 Å². The second-order valence-electron chi connectivity index (χ2n) is 5.63. The maximum Gasteiger partial charge on any atom is 0.319 e. The molecule has 0 heterocycles. The molecule has 0 atom stereocenters. The number of hydrogen-bond donors (Lipinski definition) is 3. The number of urea groups is 1. The van der Waals surface area contributed by atoms with E-state index in [9.17, 15) is 9.59 Å². The molecule has 1 aromatic carbocycles. The third-order valence-electron chi connectivity index (χ3n) is 4.04. The van der Waals surface area contributed by atoms with Crippen LogP contribution in [0.25, 0.3) is 0 Å². The van der Waals surface area contributed by atoms with Crippen LogP contribution in [-0.2, 0) is 0 Å². The molecule has 0 aromatic heterocycles. The number of benzene rings is 1. The summed E-state index contributed by atoms with van der Waals surface area (Å²) >= 11 is 0. The predicted molar refractivity (Wildman–Crippen MR) is 83.3 cm³/mol. The Hall–Kier alpha value is -2.04. The first-order valence-electron chi connectivity index (χ1n) is 7.55. The minimum atomic E-state index is -0.486. The van der Waals surface area contributed by atoms with Crippen LogP contribution in [0, 0.1) is 6.92 Å². The lowest BCUT2D eigenvalue weighted by molar-refractivity contribution is 0.0999. The van der Waals surface area contributed by atoms with Crippen molar-refractivity contribution in [3.8, 4) is 0 Å². The van der Waals surface area contributed by atoms with Crippen LogP contribution >= 0.6 is 0 Å². The van der Waals surface area contributed by atoms with Gasteiger partial charge < -0.3 is 16.4 Å². The zero-order valence-electron chi connectivity index (χ0n) is 12.4. The fourth-order valence-corrected chi connectivity index (χ4v) is 2.81. The summed E-state index contributed by atoms with van der Waals surface area (Å²) < 4.78 is 0. The van der Waals surface area contributed by atoms with Crippen molar-refractivity contribution in [3.05, 3.63) is 29.3 Å². The molecule has 1 aliphatic carbocycles. The molecule has 2 rings (SSSR count). The van der Waals surface area contributed by atoms with Crippen molar-refractivity contribution in [2.45, 2.75) is 51.5 Å². The van der Waals surface area contributed by atoms with E-state index in [1.807, 2.05) is 0 Å². The summed E-state index contributed by atoms with van der Waals surface area (Å²) in [4.78, 5) is 23.4. The quantitative estimate of drug-likeness (QED) is 0.747. The number of amides is 3. The van der Waals surface area contributed by atoms with Gasteiger partial charge in [-0.1, -0.05) is 31.7 Å². The number of hydrogen-bond acceptors (Lipinski definition) is 2. The Morgan fingerprint density at radius 3 is 2.43 bits per heavy atom. The predicted octanol–water partition coefficient (Wildman–Crippen LogP) is 2.94. The Kier molecular flexibility index (Phi) is 5.20. The third-order valence-corrected chi connectivity index (χ3v) is 4.04. The Balaban J connectivity index is 1.99. The van der Waals surface area contributed by atoms with E-state index in [-0.39, 0.29) is 12.1 Å². The first-order chi connectivity index (χ1) is 10.1. The van der Waals surface area contributed by atoms with E-state index in [1.54, 1.807) is 25.1 Å². The minimum Gasteiger partial charge on any atom is -0.366 e. The maximum atomic E-state index is 12.1. The Morgan fingerprint density at radius 1 is 1.14 bits per heavy atom. The molecule has 114 valence electrons. The lowest BCUT2D eigenvalue weighted by Gasteiger charge is -2.18.